The summed E-state index contributed by atoms with van der Waals surface area (Å²) < 4.78 is 2.30. The first-order chi connectivity index (χ1) is 8.65. The maximum atomic E-state index is 4.57. The highest BCUT2D eigenvalue weighted by molar-refractivity contribution is 5.29. The van der Waals surface area contributed by atoms with Crippen molar-refractivity contribution < 1.29 is 0 Å². The Labute approximate surface area is 111 Å². The third-order valence-corrected chi connectivity index (χ3v) is 3.82. The van der Waals surface area contributed by atoms with Gasteiger partial charge in [0.2, 0.25) is 5.95 Å². The summed E-state index contributed by atoms with van der Waals surface area (Å²) in [6, 6.07) is 0.445. The van der Waals surface area contributed by atoms with Gasteiger partial charge < -0.3 is 9.88 Å². The molecule has 1 aliphatic rings. The van der Waals surface area contributed by atoms with Crippen LogP contribution in [0.15, 0.2) is 6.20 Å². The summed E-state index contributed by atoms with van der Waals surface area (Å²) in [5.41, 5.74) is 1.11. The van der Waals surface area contributed by atoms with E-state index in [1.807, 2.05) is 0 Å². The minimum atomic E-state index is 0.445. The number of aromatic nitrogens is 2. The van der Waals surface area contributed by atoms with E-state index in [0.717, 1.165) is 24.1 Å². The fraction of sp³-hybridized carbons (Fsp3) is 0.800. The second kappa shape index (κ2) is 6.26. The molecular formula is C15H27N3. The summed E-state index contributed by atoms with van der Waals surface area (Å²) in [5, 5.41) is 3.43. The molecule has 0 aliphatic heterocycles. The molecule has 1 saturated carbocycles. The number of anilines is 1. The van der Waals surface area contributed by atoms with Gasteiger partial charge in [0.1, 0.15) is 0 Å². The molecule has 102 valence electrons. The van der Waals surface area contributed by atoms with Crippen molar-refractivity contribution in [1.82, 2.24) is 9.55 Å². The highest BCUT2D eigenvalue weighted by atomic mass is 15.2. The Hall–Kier alpha value is -0.990. The molecule has 2 rings (SSSR count). The van der Waals surface area contributed by atoms with Crippen LogP contribution in [0.1, 0.15) is 58.1 Å². The molecule has 1 heterocycles. The Bertz CT molecular complexity index is 362. The lowest BCUT2D eigenvalue weighted by Crippen LogP contribution is -2.16. The van der Waals surface area contributed by atoms with Gasteiger partial charge >= 0.3 is 0 Å². The maximum Gasteiger partial charge on any atom is 0.203 e. The van der Waals surface area contributed by atoms with Gasteiger partial charge in [-0.1, -0.05) is 32.1 Å². The lowest BCUT2D eigenvalue weighted by Gasteiger charge is -2.22. The molecule has 0 atom stereocenters. The molecule has 1 aromatic heterocycles. The molecular weight excluding hydrogens is 222 g/mol. The number of hydrogen-bond donors (Lipinski definition) is 1. The van der Waals surface area contributed by atoms with Crippen LogP contribution in [0.2, 0.25) is 0 Å². The van der Waals surface area contributed by atoms with Crippen molar-refractivity contribution in [1.29, 1.82) is 0 Å². The Morgan fingerprint density at radius 2 is 2.06 bits per heavy atom. The van der Waals surface area contributed by atoms with Crippen LogP contribution in [0.4, 0.5) is 5.95 Å². The van der Waals surface area contributed by atoms with Crippen molar-refractivity contribution in [3.63, 3.8) is 0 Å². The molecule has 1 N–H and O–H groups in total. The average Bonchev–Trinajstić information content (AvgIpc) is 2.67. The van der Waals surface area contributed by atoms with Gasteiger partial charge in [-0.2, -0.15) is 0 Å². The summed E-state index contributed by atoms with van der Waals surface area (Å²) >= 11 is 0. The lowest BCUT2D eigenvalue weighted by atomic mass is 9.87. The van der Waals surface area contributed by atoms with Gasteiger partial charge in [0, 0.05) is 18.8 Å². The van der Waals surface area contributed by atoms with Crippen LogP contribution in [-0.4, -0.2) is 15.6 Å². The zero-order valence-electron chi connectivity index (χ0n) is 12.1. The van der Waals surface area contributed by atoms with Crippen molar-refractivity contribution in [3.8, 4) is 0 Å². The molecule has 1 aromatic rings. The van der Waals surface area contributed by atoms with Crippen molar-refractivity contribution >= 4 is 5.95 Å². The number of rotatable bonds is 5. The van der Waals surface area contributed by atoms with Gasteiger partial charge in [0.15, 0.2) is 0 Å². The Morgan fingerprint density at radius 1 is 1.33 bits per heavy atom. The Balaban J connectivity index is 1.91. The second-order valence-corrected chi connectivity index (χ2v) is 5.99. The van der Waals surface area contributed by atoms with Gasteiger partial charge in [0.25, 0.3) is 0 Å². The first-order valence-corrected chi connectivity index (χ1v) is 7.45. The standard InChI is InChI=1S/C15H27N3/c1-12(2)16-15-17-13(3)11-18(15)10-9-14-7-5-4-6-8-14/h11-12,14H,4-10H2,1-3H3,(H,16,17). The topological polar surface area (TPSA) is 29.9 Å². The van der Waals surface area contributed by atoms with Gasteiger partial charge in [-0.05, 0) is 33.1 Å². The fourth-order valence-electron chi connectivity index (χ4n) is 2.89. The second-order valence-electron chi connectivity index (χ2n) is 5.99. The van der Waals surface area contributed by atoms with Crippen molar-refractivity contribution in [3.05, 3.63) is 11.9 Å². The maximum absolute atomic E-state index is 4.57. The Kier molecular flexibility index (Phi) is 4.67. The zero-order valence-corrected chi connectivity index (χ0v) is 12.1. The van der Waals surface area contributed by atoms with Crippen LogP contribution < -0.4 is 5.32 Å². The van der Waals surface area contributed by atoms with E-state index in [-0.39, 0.29) is 0 Å². The smallest absolute Gasteiger partial charge is 0.203 e. The summed E-state index contributed by atoms with van der Waals surface area (Å²) in [5.74, 6) is 1.98. The van der Waals surface area contributed by atoms with E-state index in [1.165, 1.54) is 38.5 Å². The van der Waals surface area contributed by atoms with Crippen LogP contribution >= 0.6 is 0 Å². The molecule has 0 unspecified atom stereocenters. The summed E-state index contributed by atoms with van der Waals surface area (Å²) in [6.45, 7) is 7.51. The van der Waals surface area contributed by atoms with Crippen molar-refractivity contribution in [2.45, 2.75) is 71.9 Å². The SMILES string of the molecule is Cc1cn(CCC2CCCCC2)c(NC(C)C)n1. The Morgan fingerprint density at radius 3 is 2.72 bits per heavy atom. The fourth-order valence-corrected chi connectivity index (χ4v) is 2.89. The molecule has 0 saturated heterocycles. The van der Waals surface area contributed by atoms with Crippen molar-refractivity contribution in [2.75, 3.05) is 5.32 Å². The van der Waals surface area contributed by atoms with Gasteiger partial charge in [-0.25, -0.2) is 4.98 Å². The van der Waals surface area contributed by atoms with E-state index in [0.29, 0.717) is 6.04 Å². The van der Waals surface area contributed by atoms with E-state index >= 15 is 0 Å². The number of nitrogens with zero attached hydrogens (tertiary/aromatic N) is 2. The molecule has 3 heteroatoms. The third-order valence-electron chi connectivity index (χ3n) is 3.82. The number of imidazole rings is 1. The first-order valence-electron chi connectivity index (χ1n) is 7.45. The largest absolute Gasteiger partial charge is 0.353 e. The van der Waals surface area contributed by atoms with Crippen LogP contribution in [0.25, 0.3) is 0 Å². The summed E-state index contributed by atoms with van der Waals surface area (Å²) in [6.07, 6.45) is 10.7. The molecule has 1 aliphatic carbocycles. The first kappa shape index (κ1) is 13.4. The van der Waals surface area contributed by atoms with E-state index in [9.17, 15) is 0 Å². The molecule has 1 fully saturated rings. The molecule has 0 radical (unpaired) electrons. The van der Waals surface area contributed by atoms with E-state index in [1.54, 1.807) is 0 Å². The zero-order chi connectivity index (χ0) is 13.0. The van der Waals surface area contributed by atoms with Crippen LogP contribution in [0.3, 0.4) is 0 Å². The number of aryl methyl sites for hydroxylation is 2. The molecule has 0 bridgehead atoms. The minimum absolute atomic E-state index is 0.445. The third kappa shape index (κ3) is 3.76. The van der Waals surface area contributed by atoms with E-state index in [2.05, 4.69) is 41.8 Å². The highest BCUT2D eigenvalue weighted by Gasteiger charge is 2.14. The van der Waals surface area contributed by atoms with Gasteiger partial charge in [0.05, 0.1) is 5.69 Å². The van der Waals surface area contributed by atoms with Crippen LogP contribution in [0.5, 0.6) is 0 Å². The predicted octanol–water partition coefficient (Wildman–Crippen LogP) is 3.98. The van der Waals surface area contributed by atoms with E-state index < -0.39 is 0 Å². The molecule has 0 aromatic carbocycles. The molecule has 18 heavy (non-hydrogen) atoms. The number of nitrogens with one attached hydrogen (secondary N) is 1. The highest BCUT2D eigenvalue weighted by Crippen LogP contribution is 2.27. The summed E-state index contributed by atoms with van der Waals surface area (Å²) in [4.78, 5) is 4.57. The normalized spacial score (nSPS) is 17.3. The van der Waals surface area contributed by atoms with Crippen LogP contribution in [-0.2, 0) is 6.54 Å². The average molecular weight is 249 g/mol. The quantitative estimate of drug-likeness (QED) is 0.855. The van der Waals surface area contributed by atoms with Crippen molar-refractivity contribution in [2.24, 2.45) is 5.92 Å². The molecule has 3 nitrogen and oxygen atoms in total. The van der Waals surface area contributed by atoms with Crippen LogP contribution in [0, 0.1) is 12.8 Å². The summed E-state index contributed by atoms with van der Waals surface area (Å²) in [7, 11) is 0. The minimum Gasteiger partial charge on any atom is -0.353 e. The van der Waals surface area contributed by atoms with Gasteiger partial charge in [-0.3, -0.25) is 0 Å². The lowest BCUT2D eigenvalue weighted by molar-refractivity contribution is 0.324. The predicted molar refractivity (Wildman–Crippen MR) is 76.9 cm³/mol. The molecule has 0 amide bonds. The number of hydrogen-bond acceptors (Lipinski definition) is 2. The molecule has 0 spiro atoms. The monoisotopic (exact) mass is 249 g/mol. The van der Waals surface area contributed by atoms with E-state index in [4.69, 9.17) is 0 Å². The van der Waals surface area contributed by atoms with Gasteiger partial charge in [-0.15, -0.1) is 0 Å².